The first-order valence-electron chi connectivity index (χ1n) is 13.9. The molecule has 0 saturated carbocycles. The fourth-order valence-corrected chi connectivity index (χ4v) is 5.18. The van der Waals surface area contributed by atoms with Crippen molar-refractivity contribution in [1.29, 1.82) is 0 Å². The topological polar surface area (TPSA) is 85.4 Å². The molecule has 1 aliphatic carbocycles. The second-order valence-corrected chi connectivity index (χ2v) is 10.5. The summed E-state index contributed by atoms with van der Waals surface area (Å²) in [5.74, 6) is 1.78. The molecule has 0 radical (unpaired) electrons. The third kappa shape index (κ3) is 6.92. The fourth-order valence-electron chi connectivity index (χ4n) is 5.18. The minimum atomic E-state index is -0.174. The van der Waals surface area contributed by atoms with E-state index < -0.39 is 0 Å². The summed E-state index contributed by atoms with van der Waals surface area (Å²) in [6.07, 6.45) is 12.6. The molecule has 0 aliphatic heterocycles. The van der Waals surface area contributed by atoms with Crippen molar-refractivity contribution in [2.24, 2.45) is 5.92 Å². The third-order valence-corrected chi connectivity index (χ3v) is 7.43. The molecule has 0 saturated heterocycles. The molecular weight excluding hydrogens is 512 g/mol. The van der Waals surface area contributed by atoms with Crippen LogP contribution in [0.15, 0.2) is 79.3 Å². The molecule has 2 heterocycles. The number of benzene rings is 2. The lowest BCUT2D eigenvalue weighted by atomic mass is 9.88. The van der Waals surface area contributed by atoms with Crippen molar-refractivity contribution in [2.75, 3.05) is 24.9 Å². The molecule has 41 heavy (non-hydrogen) atoms. The minimum absolute atomic E-state index is 0. The van der Waals surface area contributed by atoms with Gasteiger partial charge in [-0.2, -0.15) is 0 Å². The second-order valence-electron chi connectivity index (χ2n) is 10.5. The number of nitrogens with zero attached hydrogens (tertiary/aromatic N) is 2. The molecule has 1 aliphatic rings. The first-order chi connectivity index (χ1) is 19.9. The summed E-state index contributed by atoms with van der Waals surface area (Å²) in [6, 6.07) is 18.1. The summed E-state index contributed by atoms with van der Waals surface area (Å²) < 4.78 is 10.8. The minimum Gasteiger partial charge on any atom is -0.493 e. The van der Waals surface area contributed by atoms with E-state index in [9.17, 15) is 4.79 Å². The van der Waals surface area contributed by atoms with E-state index in [-0.39, 0.29) is 14.8 Å². The molecule has 7 heteroatoms. The summed E-state index contributed by atoms with van der Waals surface area (Å²) >= 11 is 0. The van der Waals surface area contributed by atoms with Crippen molar-refractivity contribution in [3.63, 3.8) is 0 Å². The number of hydrogen-bond donors (Lipinski definition) is 2. The number of aromatic nitrogens is 2. The largest absolute Gasteiger partial charge is 0.493 e. The number of ether oxygens (including phenoxy) is 2. The summed E-state index contributed by atoms with van der Waals surface area (Å²) in [7, 11) is 3.32. The Bertz CT molecular complexity index is 1580. The van der Waals surface area contributed by atoms with Gasteiger partial charge in [-0.1, -0.05) is 24.3 Å². The highest BCUT2D eigenvalue weighted by Gasteiger charge is 2.17. The van der Waals surface area contributed by atoms with Crippen molar-refractivity contribution in [3.8, 4) is 11.5 Å². The number of rotatable bonds is 10. The van der Waals surface area contributed by atoms with E-state index in [1.54, 1.807) is 26.6 Å². The van der Waals surface area contributed by atoms with Crippen LogP contribution in [0, 0.1) is 12.8 Å². The van der Waals surface area contributed by atoms with Crippen molar-refractivity contribution < 1.29 is 17.1 Å². The number of aryl methyl sites for hydroxylation is 2. The number of nitrogens with one attached hydrogen (secondary N) is 2. The molecule has 7 nitrogen and oxygen atoms in total. The lowest BCUT2D eigenvalue weighted by molar-refractivity contribution is 0.102. The summed E-state index contributed by atoms with van der Waals surface area (Å²) in [5.41, 5.74) is 7.78. The molecule has 1 amide bonds. The van der Waals surface area contributed by atoms with Crippen LogP contribution < -0.4 is 20.1 Å². The zero-order valence-electron chi connectivity index (χ0n) is 24.0. The van der Waals surface area contributed by atoms with Crippen LogP contribution in [0.5, 0.6) is 11.5 Å². The predicted octanol–water partition coefficient (Wildman–Crippen LogP) is 7.54. The van der Waals surface area contributed by atoms with Gasteiger partial charge in [-0.3, -0.25) is 14.8 Å². The van der Waals surface area contributed by atoms with Crippen molar-refractivity contribution in [3.05, 3.63) is 113 Å². The van der Waals surface area contributed by atoms with Crippen LogP contribution >= 0.6 is 0 Å². The van der Waals surface area contributed by atoms with Gasteiger partial charge in [-0.05, 0) is 104 Å². The number of amides is 1. The average molecular weight is 553 g/mol. The van der Waals surface area contributed by atoms with Crippen LogP contribution in [0.4, 0.5) is 11.4 Å². The third-order valence-electron chi connectivity index (χ3n) is 7.43. The van der Waals surface area contributed by atoms with E-state index in [0.29, 0.717) is 11.5 Å². The number of fused-ring (bicyclic) bond motifs is 1. The molecule has 2 aromatic heterocycles. The Labute approximate surface area is 244 Å². The standard InChI is InChI=1S/C34H36N4O3.2H2/c1-22-14-28(20-35-19-22)34(39)38-29-7-5-6-26(17-29)23(2)37-30-18-27-15-24(10-12-31(27)36-21-30)8-9-25-11-13-32(40-3)33(16-25)41-4;;/h5-7,10-14,16-21,23-24,37H,8-9,15H2,1-4H3,(H,38,39);2*1H/t23-,24?;;/m0../s1. The maximum Gasteiger partial charge on any atom is 0.257 e. The van der Waals surface area contributed by atoms with Crippen molar-refractivity contribution >= 4 is 23.4 Å². The molecule has 0 spiro atoms. The first-order valence-corrected chi connectivity index (χ1v) is 13.9. The van der Waals surface area contributed by atoms with Gasteiger partial charge in [0, 0.05) is 27.0 Å². The number of hydrogen-bond acceptors (Lipinski definition) is 6. The first kappa shape index (κ1) is 27.9. The second kappa shape index (κ2) is 12.7. The Morgan fingerprint density at radius 1 is 1.02 bits per heavy atom. The van der Waals surface area contributed by atoms with E-state index in [0.717, 1.165) is 59.0 Å². The normalized spacial score (nSPS) is 14.6. The quantitative estimate of drug-likeness (QED) is 0.211. The van der Waals surface area contributed by atoms with E-state index >= 15 is 0 Å². The van der Waals surface area contributed by atoms with E-state index in [2.05, 4.69) is 59.0 Å². The maximum atomic E-state index is 12.7. The summed E-state index contributed by atoms with van der Waals surface area (Å²) in [6.45, 7) is 4.03. The van der Waals surface area contributed by atoms with Crippen molar-refractivity contribution in [2.45, 2.75) is 39.2 Å². The Kier molecular flexibility index (Phi) is 8.63. The van der Waals surface area contributed by atoms with Crippen LogP contribution in [-0.4, -0.2) is 30.1 Å². The highest BCUT2D eigenvalue weighted by Crippen LogP contribution is 2.31. The molecule has 2 atom stereocenters. The van der Waals surface area contributed by atoms with E-state index in [1.165, 1.54) is 11.1 Å². The van der Waals surface area contributed by atoms with Gasteiger partial charge in [0.05, 0.1) is 37.4 Å². The van der Waals surface area contributed by atoms with Crippen LogP contribution in [0.25, 0.3) is 6.08 Å². The van der Waals surface area contributed by atoms with Gasteiger partial charge in [-0.15, -0.1) is 0 Å². The number of methoxy groups -OCH3 is 2. The Morgan fingerprint density at radius 2 is 1.88 bits per heavy atom. The molecular formula is C34H40N4O3. The monoisotopic (exact) mass is 552 g/mol. The van der Waals surface area contributed by atoms with Crippen LogP contribution in [0.1, 0.15) is 60.5 Å². The van der Waals surface area contributed by atoms with Gasteiger partial charge in [0.1, 0.15) is 0 Å². The highest BCUT2D eigenvalue weighted by atomic mass is 16.5. The Hall–Kier alpha value is -4.65. The van der Waals surface area contributed by atoms with Gasteiger partial charge < -0.3 is 20.1 Å². The lowest BCUT2D eigenvalue weighted by Crippen LogP contribution is -2.14. The lowest BCUT2D eigenvalue weighted by Gasteiger charge is -2.21. The Balaban J connectivity index is 0.00000253. The number of pyridine rings is 2. The fraction of sp³-hybridized carbons (Fsp3) is 0.265. The van der Waals surface area contributed by atoms with Gasteiger partial charge in [0.2, 0.25) is 0 Å². The molecule has 0 fully saturated rings. The SMILES string of the molecule is COc1ccc(CCC2C=Cc3ncc(N[C@@H](C)c4cccc(NC(=O)c5cncc(C)c5)c4)cc3C2)cc1OC.[HH].[HH]. The van der Waals surface area contributed by atoms with Crippen molar-refractivity contribution in [1.82, 2.24) is 9.97 Å². The average Bonchev–Trinajstić information content (AvgIpc) is 2.99. The molecule has 5 rings (SSSR count). The molecule has 214 valence electrons. The van der Waals surface area contributed by atoms with Gasteiger partial charge in [0.15, 0.2) is 11.5 Å². The molecule has 2 aromatic carbocycles. The molecule has 2 N–H and O–H groups in total. The summed E-state index contributed by atoms with van der Waals surface area (Å²) in [5, 5.41) is 6.58. The van der Waals surface area contributed by atoms with Gasteiger partial charge >= 0.3 is 0 Å². The zero-order chi connectivity index (χ0) is 28.8. The summed E-state index contributed by atoms with van der Waals surface area (Å²) in [4.78, 5) is 21.5. The van der Waals surface area contributed by atoms with E-state index in [1.807, 2.05) is 43.5 Å². The number of carbonyl (C=O) groups excluding carboxylic acids is 1. The molecule has 4 aromatic rings. The molecule has 0 bridgehead atoms. The maximum absolute atomic E-state index is 12.7. The molecule has 1 unspecified atom stereocenters. The van der Waals surface area contributed by atoms with Gasteiger partial charge in [-0.25, -0.2) is 0 Å². The number of carbonyl (C=O) groups is 1. The number of anilines is 2. The van der Waals surface area contributed by atoms with Crippen LogP contribution in [0.3, 0.4) is 0 Å². The van der Waals surface area contributed by atoms with E-state index in [4.69, 9.17) is 14.5 Å². The zero-order valence-corrected chi connectivity index (χ0v) is 24.0. The van der Waals surface area contributed by atoms with Crippen LogP contribution in [-0.2, 0) is 12.8 Å². The van der Waals surface area contributed by atoms with Gasteiger partial charge in [0.25, 0.3) is 5.91 Å². The van der Waals surface area contributed by atoms with Crippen LogP contribution in [0.2, 0.25) is 0 Å². The highest BCUT2D eigenvalue weighted by molar-refractivity contribution is 6.04. The predicted molar refractivity (Wildman–Crippen MR) is 168 cm³/mol. The number of allylic oxidation sites excluding steroid dienone is 1. The Morgan fingerprint density at radius 3 is 2.68 bits per heavy atom. The smallest absolute Gasteiger partial charge is 0.257 e.